The molecule has 1 spiro atoms. The quantitative estimate of drug-likeness (QED) is 0.879. The smallest absolute Gasteiger partial charge is 0.229 e. The van der Waals surface area contributed by atoms with Crippen LogP contribution >= 0.6 is 15.9 Å². The molecule has 1 aliphatic heterocycles. The Morgan fingerprint density at radius 3 is 2.95 bits per heavy atom. The van der Waals surface area contributed by atoms with Crippen molar-refractivity contribution in [2.75, 3.05) is 18.4 Å². The zero-order valence-corrected chi connectivity index (χ0v) is 12.6. The van der Waals surface area contributed by atoms with Crippen molar-refractivity contribution < 1.29 is 4.79 Å². The molecule has 1 aromatic heterocycles. The standard InChI is InChI=1S/C14H18BrN3O/c1-9-6-12(17-8-11(9)15)18-13(19)10-7-14(10)2-4-16-5-3-14/h6,8,10,16H,2-5,7H2,1H3,(H,17,18,19). The number of aryl methyl sites for hydroxylation is 1. The number of nitrogens with one attached hydrogen (secondary N) is 2. The number of anilines is 1. The molecule has 2 N–H and O–H groups in total. The average molecular weight is 324 g/mol. The molecule has 0 aromatic carbocycles. The Balaban J connectivity index is 1.64. The zero-order valence-electron chi connectivity index (χ0n) is 11.0. The molecule has 1 saturated carbocycles. The molecule has 102 valence electrons. The number of nitrogens with zero attached hydrogens (tertiary/aromatic N) is 1. The van der Waals surface area contributed by atoms with E-state index in [1.807, 2.05) is 13.0 Å². The summed E-state index contributed by atoms with van der Waals surface area (Å²) in [4.78, 5) is 16.5. The summed E-state index contributed by atoms with van der Waals surface area (Å²) >= 11 is 3.41. The molecule has 3 rings (SSSR count). The normalized spacial score (nSPS) is 24.2. The van der Waals surface area contributed by atoms with Crippen LogP contribution in [0.3, 0.4) is 0 Å². The maximum Gasteiger partial charge on any atom is 0.229 e. The molecule has 0 radical (unpaired) electrons. The Morgan fingerprint density at radius 1 is 1.53 bits per heavy atom. The van der Waals surface area contributed by atoms with Crippen molar-refractivity contribution in [2.45, 2.75) is 26.2 Å². The van der Waals surface area contributed by atoms with Gasteiger partial charge in [0.25, 0.3) is 0 Å². The van der Waals surface area contributed by atoms with Crippen LogP contribution in [-0.4, -0.2) is 24.0 Å². The second-order valence-corrected chi connectivity index (χ2v) is 6.53. The largest absolute Gasteiger partial charge is 0.317 e. The average Bonchev–Trinajstić information content (AvgIpc) is 3.08. The Labute approximate surface area is 121 Å². The van der Waals surface area contributed by atoms with Gasteiger partial charge in [-0.05, 0) is 72.3 Å². The van der Waals surface area contributed by atoms with E-state index in [1.54, 1.807) is 6.20 Å². The van der Waals surface area contributed by atoms with E-state index < -0.39 is 0 Å². The first-order valence-electron chi connectivity index (χ1n) is 6.74. The Kier molecular flexibility index (Phi) is 3.35. The predicted molar refractivity (Wildman–Crippen MR) is 77.9 cm³/mol. The number of halogens is 1. The number of amides is 1. The van der Waals surface area contributed by atoms with Crippen LogP contribution in [0, 0.1) is 18.3 Å². The molecule has 1 aromatic rings. The van der Waals surface area contributed by atoms with Crippen molar-refractivity contribution in [3.8, 4) is 0 Å². The fraction of sp³-hybridized carbons (Fsp3) is 0.571. The summed E-state index contributed by atoms with van der Waals surface area (Å²) in [5, 5.41) is 6.31. The summed E-state index contributed by atoms with van der Waals surface area (Å²) in [6.45, 7) is 4.08. The lowest BCUT2D eigenvalue weighted by molar-refractivity contribution is -0.118. The molecule has 1 atom stereocenters. The third-order valence-corrected chi connectivity index (χ3v) is 5.23. The Hall–Kier alpha value is -0.940. The van der Waals surface area contributed by atoms with E-state index in [0.29, 0.717) is 5.82 Å². The van der Waals surface area contributed by atoms with E-state index in [1.165, 1.54) is 0 Å². The van der Waals surface area contributed by atoms with Gasteiger partial charge >= 0.3 is 0 Å². The van der Waals surface area contributed by atoms with Crippen LogP contribution in [0.4, 0.5) is 5.82 Å². The summed E-state index contributed by atoms with van der Waals surface area (Å²) in [7, 11) is 0. The Bertz CT molecular complexity index is 511. The van der Waals surface area contributed by atoms with E-state index in [0.717, 1.165) is 42.4 Å². The molecule has 1 unspecified atom stereocenters. The second kappa shape index (κ2) is 4.87. The van der Waals surface area contributed by atoms with E-state index in [-0.39, 0.29) is 17.2 Å². The molecule has 19 heavy (non-hydrogen) atoms. The third-order valence-electron chi connectivity index (χ3n) is 4.40. The lowest BCUT2D eigenvalue weighted by Gasteiger charge is -2.23. The van der Waals surface area contributed by atoms with E-state index >= 15 is 0 Å². The molecule has 4 nitrogen and oxygen atoms in total. The highest BCUT2D eigenvalue weighted by atomic mass is 79.9. The number of hydrogen-bond acceptors (Lipinski definition) is 3. The fourth-order valence-electron chi connectivity index (χ4n) is 3.02. The minimum Gasteiger partial charge on any atom is -0.317 e. The van der Waals surface area contributed by atoms with Crippen molar-refractivity contribution in [3.63, 3.8) is 0 Å². The molecule has 2 fully saturated rings. The van der Waals surface area contributed by atoms with Crippen LogP contribution in [-0.2, 0) is 4.79 Å². The summed E-state index contributed by atoms with van der Waals surface area (Å²) in [6.07, 6.45) is 5.02. The van der Waals surface area contributed by atoms with Gasteiger partial charge in [-0.15, -0.1) is 0 Å². The van der Waals surface area contributed by atoms with Gasteiger partial charge in [-0.1, -0.05) is 0 Å². The zero-order chi connectivity index (χ0) is 13.5. The van der Waals surface area contributed by atoms with Crippen molar-refractivity contribution in [1.82, 2.24) is 10.3 Å². The lowest BCUT2D eigenvalue weighted by atomic mass is 9.92. The SMILES string of the molecule is Cc1cc(NC(=O)C2CC23CCNCC3)ncc1Br. The van der Waals surface area contributed by atoms with Crippen LogP contribution in [0.25, 0.3) is 0 Å². The van der Waals surface area contributed by atoms with Gasteiger partial charge in [0.15, 0.2) is 0 Å². The topological polar surface area (TPSA) is 54.0 Å². The molecule has 2 heterocycles. The van der Waals surface area contributed by atoms with E-state index in [2.05, 4.69) is 31.5 Å². The third kappa shape index (κ3) is 2.54. The summed E-state index contributed by atoms with van der Waals surface area (Å²) < 4.78 is 0.965. The summed E-state index contributed by atoms with van der Waals surface area (Å²) in [6, 6.07) is 1.90. The first-order chi connectivity index (χ1) is 9.11. The highest BCUT2D eigenvalue weighted by Gasteiger charge is 2.57. The highest BCUT2D eigenvalue weighted by Crippen LogP contribution is 2.58. The molecule has 5 heteroatoms. The number of rotatable bonds is 2. The summed E-state index contributed by atoms with van der Waals surface area (Å²) in [5.74, 6) is 0.971. The van der Waals surface area contributed by atoms with E-state index in [9.17, 15) is 4.79 Å². The molecule has 2 aliphatic rings. The van der Waals surface area contributed by atoms with Crippen molar-refractivity contribution in [1.29, 1.82) is 0 Å². The number of pyridine rings is 1. The minimum absolute atomic E-state index is 0.135. The first kappa shape index (κ1) is 13.1. The van der Waals surface area contributed by atoms with Crippen molar-refractivity contribution in [3.05, 3.63) is 22.3 Å². The van der Waals surface area contributed by atoms with Crippen LogP contribution in [0.1, 0.15) is 24.8 Å². The molecule has 1 amide bonds. The van der Waals surface area contributed by atoms with Gasteiger partial charge < -0.3 is 10.6 Å². The monoisotopic (exact) mass is 323 g/mol. The van der Waals surface area contributed by atoms with Gasteiger partial charge in [0.2, 0.25) is 5.91 Å². The Morgan fingerprint density at radius 2 is 2.26 bits per heavy atom. The van der Waals surface area contributed by atoms with E-state index in [4.69, 9.17) is 0 Å². The number of piperidine rings is 1. The van der Waals surface area contributed by atoms with Crippen LogP contribution in [0.15, 0.2) is 16.7 Å². The maximum atomic E-state index is 12.3. The lowest BCUT2D eigenvalue weighted by Crippen LogP contribution is -2.31. The molecule has 1 saturated heterocycles. The minimum atomic E-state index is 0.135. The van der Waals surface area contributed by atoms with Gasteiger partial charge in [-0.25, -0.2) is 4.98 Å². The molecular weight excluding hydrogens is 306 g/mol. The van der Waals surface area contributed by atoms with Gasteiger partial charge in [0.05, 0.1) is 0 Å². The predicted octanol–water partition coefficient (Wildman–Crippen LogP) is 2.48. The van der Waals surface area contributed by atoms with Crippen LogP contribution in [0.5, 0.6) is 0 Å². The number of carbonyl (C=O) groups excluding carboxylic acids is 1. The second-order valence-electron chi connectivity index (χ2n) is 5.68. The van der Waals surface area contributed by atoms with Crippen LogP contribution < -0.4 is 10.6 Å². The number of carbonyl (C=O) groups is 1. The van der Waals surface area contributed by atoms with Gasteiger partial charge in [0, 0.05) is 16.6 Å². The van der Waals surface area contributed by atoms with Crippen molar-refractivity contribution >= 4 is 27.7 Å². The van der Waals surface area contributed by atoms with Gasteiger partial charge in [-0.2, -0.15) is 0 Å². The fourth-order valence-corrected chi connectivity index (χ4v) is 3.23. The van der Waals surface area contributed by atoms with Gasteiger partial charge in [-0.3, -0.25) is 4.79 Å². The number of hydrogen-bond donors (Lipinski definition) is 2. The highest BCUT2D eigenvalue weighted by molar-refractivity contribution is 9.10. The maximum absolute atomic E-state index is 12.3. The summed E-state index contributed by atoms with van der Waals surface area (Å²) in [5.41, 5.74) is 1.36. The first-order valence-corrected chi connectivity index (χ1v) is 7.54. The van der Waals surface area contributed by atoms with Crippen LogP contribution in [0.2, 0.25) is 0 Å². The van der Waals surface area contributed by atoms with Crippen molar-refractivity contribution in [2.24, 2.45) is 11.3 Å². The van der Waals surface area contributed by atoms with Gasteiger partial charge in [0.1, 0.15) is 5.82 Å². The molecule has 1 aliphatic carbocycles. The molecule has 0 bridgehead atoms. The molecular formula is C14H18BrN3O. The number of aromatic nitrogens is 1.